The number of halogens is 3. The van der Waals surface area contributed by atoms with Crippen LogP contribution in [0.2, 0.25) is 0 Å². The summed E-state index contributed by atoms with van der Waals surface area (Å²) >= 11 is 0. The molecule has 1 aliphatic rings. The Labute approximate surface area is 144 Å². The fourth-order valence-corrected chi connectivity index (χ4v) is 2.92. The number of carbonyl (C=O) groups excluding carboxylic acids is 2. The number of ether oxygens (including phenoxy) is 1. The largest absolute Gasteiger partial charge is 0.455 e. The van der Waals surface area contributed by atoms with E-state index in [1.807, 2.05) is 0 Å². The van der Waals surface area contributed by atoms with Gasteiger partial charge in [-0.3, -0.25) is 9.59 Å². The maximum Gasteiger partial charge on any atom is 0.416 e. The lowest BCUT2D eigenvalue weighted by molar-refractivity contribution is -0.148. The van der Waals surface area contributed by atoms with Crippen molar-refractivity contribution >= 4 is 11.9 Å². The minimum absolute atomic E-state index is 0.197. The Hall–Kier alpha value is -2.05. The summed E-state index contributed by atoms with van der Waals surface area (Å²) in [7, 11) is 0. The van der Waals surface area contributed by atoms with Crippen molar-refractivity contribution in [1.29, 1.82) is 0 Å². The van der Waals surface area contributed by atoms with Crippen LogP contribution in [0.25, 0.3) is 0 Å². The summed E-state index contributed by atoms with van der Waals surface area (Å²) in [5.41, 5.74) is -0.620. The van der Waals surface area contributed by atoms with E-state index in [4.69, 9.17) is 4.74 Å². The predicted octanol–water partition coefficient (Wildman–Crippen LogP) is 3.49. The molecule has 0 aliphatic heterocycles. The van der Waals surface area contributed by atoms with E-state index in [0.717, 1.165) is 25.0 Å². The van der Waals surface area contributed by atoms with Gasteiger partial charge >= 0.3 is 12.1 Å². The van der Waals surface area contributed by atoms with Crippen molar-refractivity contribution in [3.8, 4) is 0 Å². The zero-order valence-corrected chi connectivity index (χ0v) is 13.9. The van der Waals surface area contributed by atoms with E-state index in [-0.39, 0.29) is 17.9 Å². The fourth-order valence-electron chi connectivity index (χ4n) is 2.92. The van der Waals surface area contributed by atoms with Crippen LogP contribution in [-0.4, -0.2) is 25.0 Å². The van der Waals surface area contributed by atoms with Crippen LogP contribution in [-0.2, 0) is 26.9 Å². The van der Waals surface area contributed by atoms with Crippen molar-refractivity contribution in [2.24, 2.45) is 5.92 Å². The van der Waals surface area contributed by atoms with Crippen molar-refractivity contribution in [2.75, 3.05) is 13.2 Å². The number of amides is 1. The molecule has 0 bridgehead atoms. The molecule has 0 spiro atoms. The molecule has 1 aromatic rings. The zero-order valence-electron chi connectivity index (χ0n) is 13.9. The Morgan fingerprint density at radius 1 is 1.16 bits per heavy atom. The third kappa shape index (κ3) is 6.76. The molecule has 0 heterocycles. The van der Waals surface area contributed by atoms with Crippen LogP contribution in [0.4, 0.5) is 13.2 Å². The molecule has 2 rings (SSSR count). The van der Waals surface area contributed by atoms with Gasteiger partial charge < -0.3 is 10.1 Å². The first kappa shape index (κ1) is 19.3. The quantitative estimate of drug-likeness (QED) is 0.793. The minimum Gasteiger partial charge on any atom is -0.455 e. The lowest BCUT2D eigenvalue weighted by Gasteiger charge is -2.21. The van der Waals surface area contributed by atoms with Gasteiger partial charge in [-0.2, -0.15) is 13.2 Å². The number of alkyl halides is 3. The second kappa shape index (κ2) is 8.87. The first-order chi connectivity index (χ1) is 11.8. The average molecular weight is 357 g/mol. The molecule has 4 nitrogen and oxygen atoms in total. The van der Waals surface area contributed by atoms with Gasteiger partial charge in [-0.25, -0.2) is 0 Å². The summed E-state index contributed by atoms with van der Waals surface area (Å²) in [5.74, 6) is -0.645. The van der Waals surface area contributed by atoms with Gasteiger partial charge in [0.25, 0.3) is 5.91 Å². The van der Waals surface area contributed by atoms with Crippen LogP contribution in [0.5, 0.6) is 0 Å². The van der Waals surface area contributed by atoms with E-state index in [9.17, 15) is 22.8 Å². The number of hydrogen-bond donors (Lipinski definition) is 1. The Morgan fingerprint density at radius 3 is 2.56 bits per heavy atom. The van der Waals surface area contributed by atoms with Gasteiger partial charge in [0.15, 0.2) is 6.61 Å². The standard InChI is InChI=1S/C18H22F3NO3/c19-18(20,21)15-8-4-7-14(9-15)10-17(24)25-12-16(23)22-11-13-5-2-1-3-6-13/h4,7-9,13H,1-3,5-6,10-12H2,(H,22,23). The summed E-state index contributed by atoms with van der Waals surface area (Å²) in [6.45, 7) is 0.161. The summed E-state index contributed by atoms with van der Waals surface area (Å²) in [6, 6.07) is 4.50. The molecule has 0 saturated heterocycles. The molecule has 7 heteroatoms. The van der Waals surface area contributed by atoms with E-state index in [1.165, 1.54) is 31.4 Å². The molecule has 138 valence electrons. The molecule has 1 fully saturated rings. The van der Waals surface area contributed by atoms with Crippen molar-refractivity contribution < 1.29 is 27.5 Å². The summed E-state index contributed by atoms with van der Waals surface area (Å²) in [5, 5.41) is 2.74. The zero-order chi connectivity index (χ0) is 18.3. The molecule has 1 saturated carbocycles. The Morgan fingerprint density at radius 2 is 1.88 bits per heavy atom. The van der Waals surface area contributed by atoms with E-state index in [1.54, 1.807) is 0 Å². The van der Waals surface area contributed by atoms with Crippen LogP contribution in [0, 0.1) is 5.92 Å². The first-order valence-corrected chi connectivity index (χ1v) is 8.43. The minimum atomic E-state index is -4.46. The highest BCUT2D eigenvalue weighted by atomic mass is 19.4. The number of esters is 1. The molecule has 1 aromatic carbocycles. The third-order valence-electron chi connectivity index (χ3n) is 4.28. The number of hydrogen-bond acceptors (Lipinski definition) is 3. The highest BCUT2D eigenvalue weighted by Gasteiger charge is 2.30. The molecule has 0 atom stereocenters. The normalized spacial score (nSPS) is 15.6. The molecule has 0 aromatic heterocycles. The highest BCUT2D eigenvalue weighted by Crippen LogP contribution is 2.29. The lowest BCUT2D eigenvalue weighted by atomic mass is 9.89. The molecule has 0 unspecified atom stereocenters. The predicted molar refractivity (Wildman–Crippen MR) is 85.7 cm³/mol. The summed E-state index contributed by atoms with van der Waals surface area (Å²) < 4.78 is 42.7. The van der Waals surface area contributed by atoms with Gasteiger partial charge in [0.1, 0.15) is 0 Å². The van der Waals surface area contributed by atoms with Gasteiger partial charge in [0, 0.05) is 6.54 Å². The lowest BCUT2D eigenvalue weighted by Crippen LogP contribution is -2.33. The maximum atomic E-state index is 12.6. The molecule has 0 radical (unpaired) electrons. The average Bonchev–Trinajstić information content (AvgIpc) is 2.58. The number of nitrogens with one attached hydrogen (secondary N) is 1. The first-order valence-electron chi connectivity index (χ1n) is 8.43. The second-order valence-electron chi connectivity index (χ2n) is 6.34. The van der Waals surface area contributed by atoms with Gasteiger partial charge in [0.2, 0.25) is 0 Å². The van der Waals surface area contributed by atoms with Crippen molar-refractivity contribution in [3.05, 3.63) is 35.4 Å². The van der Waals surface area contributed by atoms with E-state index in [0.29, 0.717) is 12.5 Å². The SMILES string of the molecule is O=C(COC(=O)Cc1cccc(C(F)(F)F)c1)NCC1CCCCC1. The summed E-state index contributed by atoms with van der Waals surface area (Å²) in [4.78, 5) is 23.4. The van der Waals surface area contributed by atoms with Gasteiger partial charge in [-0.15, -0.1) is 0 Å². The van der Waals surface area contributed by atoms with Crippen LogP contribution in [0.1, 0.15) is 43.2 Å². The fraction of sp³-hybridized carbons (Fsp3) is 0.556. The topological polar surface area (TPSA) is 55.4 Å². The maximum absolute atomic E-state index is 12.6. The van der Waals surface area contributed by atoms with E-state index < -0.39 is 24.3 Å². The molecule has 1 N–H and O–H groups in total. The Balaban J connectivity index is 1.72. The van der Waals surface area contributed by atoms with Crippen molar-refractivity contribution in [3.63, 3.8) is 0 Å². The highest BCUT2D eigenvalue weighted by molar-refractivity contribution is 5.81. The van der Waals surface area contributed by atoms with Gasteiger partial charge in [-0.05, 0) is 30.4 Å². The van der Waals surface area contributed by atoms with Crippen molar-refractivity contribution in [1.82, 2.24) is 5.32 Å². The molecule has 1 aliphatic carbocycles. The van der Waals surface area contributed by atoms with E-state index >= 15 is 0 Å². The van der Waals surface area contributed by atoms with Crippen LogP contribution >= 0.6 is 0 Å². The van der Waals surface area contributed by atoms with Crippen LogP contribution in [0.15, 0.2) is 24.3 Å². The van der Waals surface area contributed by atoms with E-state index in [2.05, 4.69) is 5.32 Å². The second-order valence-corrected chi connectivity index (χ2v) is 6.34. The van der Waals surface area contributed by atoms with Crippen LogP contribution in [0.3, 0.4) is 0 Å². The van der Waals surface area contributed by atoms with Gasteiger partial charge in [0.05, 0.1) is 12.0 Å². The third-order valence-corrected chi connectivity index (χ3v) is 4.28. The Bertz CT molecular complexity index is 595. The number of benzene rings is 1. The van der Waals surface area contributed by atoms with Crippen molar-refractivity contribution in [2.45, 2.75) is 44.7 Å². The van der Waals surface area contributed by atoms with Gasteiger partial charge in [-0.1, -0.05) is 37.5 Å². The monoisotopic (exact) mass is 357 g/mol. The molecular formula is C18H22F3NO3. The molecular weight excluding hydrogens is 335 g/mol. The number of carbonyl (C=O) groups is 2. The molecule has 1 amide bonds. The van der Waals surface area contributed by atoms with Crippen LogP contribution < -0.4 is 5.32 Å². The smallest absolute Gasteiger partial charge is 0.416 e. The molecule has 25 heavy (non-hydrogen) atoms. The Kier molecular flexibility index (Phi) is 6.84. The number of rotatable bonds is 6. The summed E-state index contributed by atoms with van der Waals surface area (Å²) in [6.07, 6.45) is 1.00.